The van der Waals surface area contributed by atoms with Crippen molar-refractivity contribution in [3.63, 3.8) is 0 Å². The summed E-state index contributed by atoms with van der Waals surface area (Å²) in [6.45, 7) is 0.0465. The van der Waals surface area contributed by atoms with E-state index < -0.39 is 0 Å². The number of aromatic nitrogens is 2. The molecule has 3 aromatic rings. The molecule has 0 bridgehead atoms. The van der Waals surface area contributed by atoms with Crippen molar-refractivity contribution >= 4 is 23.2 Å². The quantitative estimate of drug-likeness (QED) is 0.512. The molecule has 0 atom stereocenters. The van der Waals surface area contributed by atoms with E-state index in [1.165, 1.54) is 13.3 Å². The molecule has 3 rings (SSSR count). The van der Waals surface area contributed by atoms with Gasteiger partial charge < -0.3 is 14.0 Å². The molecular formula is C19H17N5O3. The maximum Gasteiger partial charge on any atom is 0.260 e. The molecule has 0 aliphatic heterocycles. The summed E-state index contributed by atoms with van der Waals surface area (Å²) in [6.07, 6.45) is 3.12. The minimum Gasteiger partial charge on any atom is -0.493 e. The summed E-state index contributed by atoms with van der Waals surface area (Å²) in [5, 5.41) is 12.5. The van der Waals surface area contributed by atoms with Crippen LogP contribution in [0.15, 0.2) is 53.9 Å². The lowest BCUT2D eigenvalue weighted by Crippen LogP contribution is -2.22. The number of hydrogen-bond donors (Lipinski definition) is 1. The molecule has 1 aromatic heterocycles. The third-order valence-corrected chi connectivity index (χ3v) is 3.72. The fourth-order valence-corrected chi connectivity index (χ4v) is 2.50. The summed E-state index contributed by atoms with van der Waals surface area (Å²) in [6, 6.07) is 14.6. The zero-order chi connectivity index (χ0) is 19.1. The third-order valence-electron chi connectivity index (χ3n) is 3.72. The van der Waals surface area contributed by atoms with E-state index in [1.54, 1.807) is 29.1 Å². The van der Waals surface area contributed by atoms with E-state index in [9.17, 15) is 4.79 Å². The SMILES string of the molecule is COc1cc(/C=N/NC(=O)Cn2cnc3ccccc32)ccc1OCC#N. The van der Waals surface area contributed by atoms with Crippen molar-refractivity contribution in [2.24, 2.45) is 5.10 Å². The molecule has 27 heavy (non-hydrogen) atoms. The lowest BCUT2D eigenvalue weighted by atomic mass is 10.2. The molecule has 0 saturated heterocycles. The van der Waals surface area contributed by atoms with E-state index in [0.717, 1.165) is 11.0 Å². The number of amides is 1. The van der Waals surface area contributed by atoms with Crippen molar-refractivity contribution in [1.29, 1.82) is 5.26 Å². The van der Waals surface area contributed by atoms with Gasteiger partial charge in [-0.1, -0.05) is 12.1 Å². The lowest BCUT2D eigenvalue weighted by Gasteiger charge is -2.08. The Morgan fingerprint density at radius 2 is 2.19 bits per heavy atom. The molecule has 0 spiro atoms. The van der Waals surface area contributed by atoms with Crippen LogP contribution in [0, 0.1) is 11.3 Å². The van der Waals surface area contributed by atoms with Crippen LogP contribution in [-0.2, 0) is 11.3 Å². The Hall–Kier alpha value is -3.86. The van der Waals surface area contributed by atoms with Gasteiger partial charge >= 0.3 is 0 Å². The van der Waals surface area contributed by atoms with Crippen LogP contribution in [0.3, 0.4) is 0 Å². The Labute approximate surface area is 155 Å². The molecule has 136 valence electrons. The van der Waals surface area contributed by atoms with E-state index in [4.69, 9.17) is 14.7 Å². The Bertz CT molecular complexity index is 1020. The van der Waals surface area contributed by atoms with Gasteiger partial charge in [0.1, 0.15) is 12.6 Å². The summed E-state index contributed by atoms with van der Waals surface area (Å²) in [4.78, 5) is 16.3. The van der Waals surface area contributed by atoms with Crippen LogP contribution >= 0.6 is 0 Å². The molecule has 1 amide bonds. The molecule has 0 radical (unpaired) electrons. The number of rotatable bonds is 7. The predicted molar refractivity (Wildman–Crippen MR) is 99.6 cm³/mol. The molecule has 1 N–H and O–H groups in total. The van der Waals surface area contributed by atoms with Gasteiger partial charge in [-0.15, -0.1) is 0 Å². The second kappa shape index (κ2) is 8.49. The number of carbonyl (C=O) groups excluding carboxylic acids is 1. The molecule has 8 heteroatoms. The highest BCUT2D eigenvalue weighted by Crippen LogP contribution is 2.27. The number of benzene rings is 2. The van der Waals surface area contributed by atoms with Gasteiger partial charge in [-0.05, 0) is 35.9 Å². The number of ether oxygens (including phenoxy) is 2. The van der Waals surface area contributed by atoms with Crippen LogP contribution in [0.5, 0.6) is 11.5 Å². The highest BCUT2D eigenvalue weighted by molar-refractivity contribution is 5.84. The summed E-state index contributed by atoms with van der Waals surface area (Å²) < 4.78 is 12.2. The van der Waals surface area contributed by atoms with E-state index in [2.05, 4.69) is 15.5 Å². The van der Waals surface area contributed by atoms with E-state index in [0.29, 0.717) is 17.1 Å². The molecular weight excluding hydrogens is 346 g/mol. The van der Waals surface area contributed by atoms with Crippen molar-refractivity contribution in [3.05, 3.63) is 54.4 Å². The first-order valence-electron chi connectivity index (χ1n) is 8.11. The summed E-state index contributed by atoms with van der Waals surface area (Å²) in [5.41, 5.74) is 4.92. The van der Waals surface area contributed by atoms with Gasteiger partial charge in [0.15, 0.2) is 18.1 Å². The van der Waals surface area contributed by atoms with Gasteiger partial charge in [-0.2, -0.15) is 10.4 Å². The van der Waals surface area contributed by atoms with Crippen LogP contribution in [0.1, 0.15) is 5.56 Å². The Morgan fingerprint density at radius 3 is 3.00 bits per heavy atom. The average molecular weight is 363 g/mol. The largest absolute Gasteiger partial charge is 0.493 e. The van der Waals surface area contributed by atoms with E-state index in [1.807, 2.05) is 30.3 Å². The van der Waals surface area contributed by atoms with Gasteiger partial charge in [0.2, 0.25) is 0 Å². The normalized spacial score (nSPS) is 10.7. The first kappa shape index (κ1) is 17.9. The summed E-state index contributed by atoms with van der Waals surface area (Å²) in [7, 11) is 1.51. The number of imidazole rings is 1. The number of para-hydroxylation sites is 2. The van der Waals surface area contributed by atoms with Crippen molar-refractivity contribution in [2.45, 2.75) is 6.54 Å². The highest BCUT2D eigenvalue weighted by atomic mass is 16.5. The number of hydrazone groups is 1. The van der Waals surface area contributed by atoms with Crippen LogP contribution < -0.4 is 14.9 Å². The van der Waals surface area contributed by atoms with Crippen molar-refractivity contribution < 1.29 is 14.3 Å². The number of nitriles is 1. The van der Waals surface area contributed by atoms with Crippen LogP contribution in [0.25, 0.3) is 11.0 Å². The summed E-state index contributed by atoms with van der Waals surface area (Å²) >= 11 is 0. The number of nitrogens with one attached hydrogen (secondary N) is 1. The van der Waals surface area contributed by atoms with Gasteiger partial charge in [0.05, 0.1) is 30.7 Å². The molecule has 1 heterocycles. The third kappa shape index (κ3) is 4.41. The fourth-order valence-electron chi connectivity index (χ4n) is 2.50. The monoisotopic (exact) mass is 363 g/mol. The topological polar surface area (TPSA) is 102 Å². The number of methoxy groups -OCH3 is 1. The van der Waals surface area contributed by atoms with Crippen LogP contribution in [-0.4, -0.2) is 35.4 Å². The smallest absolute Gasteiger partial charge is 0.260 e. The second-order valence-electron chi connectivity index (χ2n) is 5.51. The van der Waals surface area contributed by atoms with Gasteiger partial charge in [-0.25, -0.2) is 10.4 Å². The first-order valence-corrected chi connectivity index (χ1v) is 8.11. The molecule has 0 saturated carbocycles. The number of carbonyl (C=O) groups is 1. The second-order valence-corrected chi connectivity index (χ2v) is 5.51. The number of fused-ring (bicyclic) bond motifs is 1. The minimum atomic E-state index is -0.268. The van der Waals surface area contributed by atoms with Gasteiger partial charge in [0, 0.05) is 0 Å². The molecule has 0 unspecified atom stereocenters. The first-order chi connectivity index (χ1) is 13.2. The van der Waals surface area contributed by atoms with E-state index in [-0.39, 0.29) is 19.1 Å². The predicted octanol–water partition coefficient (Wildman–Crippen LogP) is 2.10. The molecule has 0 aliphatic rings. The average Bonchev–Trinajstić information content (AvgIpc) is 3.09. The molecule has 0 aliphatic carbocycles. The highest BCUT2D eigenvalue weighted by Gasteiger charge is 2.07. The maximum atomic E-state index is 12.1. The van der Waals surface area contributed by atoms with Crippen LogP contribution in [0.4, 0.5) is 0 Å². The van der Waals surface area contributed by atoms with Gasteiger partial charge in [0.25, 0.3) is 5.91 Å². The van der Waals surface area contributed by atoms with E-state index >= 15 is 0 Å². The molecule has 0 fully saturated rings. The lowest BCUT2D eigenvalue weighted by molar-refractivity contribution is -0.121. The molecule has 8 nitrogen and oxygen atoms in total. The Kier molecular flexibility index (Phi) is 5.64. The van der Waals surface area contributed by atoms with Crippen molar-refractivity contribution in [2.75, 3.05) is 13.7 Å². The minimum absolute atomic E-state index is 0.0667. The number of nitrogens with zero attached hydrogens (tertiary/aromatic N) is 4. The Balaban J connectivity index is 1.61. The molecule has 2 aromatic carbocycles. The van der Waals surface area contributed by atoms with Crippen molar-refractivity contribution in [3.8, 4) is 17.6 Å². The fraction of sp³-hybridized carbons (Fsp3) is 0.158. The zero-order valence-electron chi connectivity index (χ0n) is 14.6. The standard InChI is InChI=1S/C19H17N5O3/c1-26-18-10-14(6-7-17(18)27-9-8-20)11-22-23-19(25)12-24-13-21-15-4-2-3-5-16(15)24/h2-7,10-11,13H,9,12H2,1H3,(H,23,25)/b22-11+. The maximum absolute atomic E-state index is 12.1. The van der Waals surface area contributed by atoms with Gasteiger partial charge in [-0.3, -0.25) is 4.79 Å². The van der Waals surface area contributed by atoms with Crippen LogP contribution in [0.2, 0.25) is 0 Å². The Morgan fingerprint density at radius 1 is 1.33 bits per heavy atom. The zero-order valence-corrected chi connectivity index (χ0v) is 14.6. The number of hydrogen-bond acceptors (Lipinski definition) is 6. The van der Waals surface area contributed by atoms with Crippen molar-refractivity contribution in [1.82, 2.24) is 15.0 Å². The summed E-state index contributed by atoms with van der Waals surface area (Å²) in [5.74, 6) is 0.674.